The summed E-state index contributed by atoms with van der Waals surface area (Å²) in [6.07, 6.45) is 1.92. The smallest absolute Gasteiger partial charge is 0.244 e. The number of carbonyl (C=O) groups is 2. The Morgan fingerprint density at radius 2 is 1.66 bits per heavy atom. The summed E-state index contributed by atoms with van der Waals surface area (Å²) in [7, 11) is -2.41. The zero-order valence-corrected chi connectivity index (χ0v) is 25.8. The van der Waals surface area contributed by atoms with Crippen LogP contribution in [-0.4, -0.2) is 57.1 Å². The maximum atomic E-state index is 14.1. The van der Waals surface area contributed by atoms with Crippen LogP contribution in [0.5, 0.6) is 5.75 Å². The van der Waals surface area contributed by atoms with E-state index in [1.54, 1.807) is 25.3 Å². The molecule has 3 rings (SSSR count). The normalized spacial score (nSPS) is 12.7. The van der Waals surface area contributed by atoms with Crippen molar-refractivity contribution in [3.05, 3.63) is 94.0 Å². The third-order valence-corrected chi connectivity index (χ3v) is 8.28. The van der Waals surface area contributed by atoms with Gasteiger partial charge in [0.2, 0.25) is 21.8 Å². The highest BCUT2D eigenvalue weighted by atomic mass is 35.5. The minimum Gasteiger partial charge on any atom is -0.497 e. The van der Waals surface area contributed by atoms with E-state index in [-0.39, 0.29) is 35.6 Å². The molecule has 0 saturated heterocycles. The van der Waals surface area contributed by atoms with Crippen LogP contribution in [0.4, 0.5) is 5.69 Å². The van der Waals surface area contributed by atoms with Gasteiger partial charge in [-0.15, -0.1) is 0 Å². The number of benzene rings is 3. The Labute approximate surface area is 252 Å². The van der Waals surface area contributed by atoms with Crippen molar-refractivity contribution in [1.82, 2.24) is 10.2 Å². The number of amides is 2. The maximum Gasteiger partial charge on any atom is 0.244 e. The summed E-state index contributed by atoms with van der Waals surface area (Å²) in [4.78, 5) is 29.3. The molecular formula is C30H35Cl2N3O5S. The molecule has 11 heteroatoms. The fraction of sp³-hybridized carbons (Fsp3) is 0.333. The molecule has 0 heterocycles. The molecule has 2 atom stereocenters. The van der Waals surface area contributed by atoms with Gasteiger partial charge < -0.3 is 15.0 Å². The number of nitrogens with one attached hydrogen (secondary N) is 1. The number of methoxy groups -OCH3 is 1. The van der Waals surface area contributed by atoms with Crippen molar-refractivity contribution < 1.29 is 22.7 Å². The number of hydrogen-bond donors (Lipinski definition) is 1. The van der Waals surface area contributed by atoms with Gasteiger partial charge in [0, 0.05) is 24.0 Å². The van der Waals surface area contributed by atoms with E-state index in [0.29, 0.717) is 22.8 Å². The van der Waals surface area contributed by atoms with Crippen LogP contribution < -0.4 is 14.4 Å². The molecule has 3 aromatic rings. The average Bonchev–Trinajstić information content (AvgIpc) is 2.93. The second-order valence-corrected chi connectivity index (χ2v) is 12.5. The Balaban J connectivity index is 2.09. The Hall–Kier alpha value is -3.27. The van der Waals surface area contributed by atoms with E-state index >= 15 is 0 Å². The van der Waals surface area contributed by atoms with Gasteiger partial charge >= 0.3 is 0 Å². The number of anilines is 1. The second kappa shape index (κ2) is 14.6. The molecule has 220 valence electrons. The van der Waals surface area contributed by atoms with E-state index in [4.69, 9.17) is 27.9 Å². The lowest BCUT2D eigenvalue weighted by Gasteiger charge is -2.34. The first kappa shape index (κ1) is 32.2. The number of hydrogen-bond acceptors (Lipinski definition) is 5. The van der Waals surface area contributed by atoms with Crippen molar-refractivity contribution in [3.8, 4) is 5.75 Å². The van der Waals surface area contributed by atoms with Crippen molar-refractivity contribution in [3.63, 3.8) is 0 Å². The van der Waals surface area contributed by atoms with E-state index in [1.165, 1.54) is 23.1 Å². The molecule has 0 saturated carbocycles. The van der Waals surface area contributed by atoms with Gasteiger partial charge in [0.15, 0.2) is 0 Å². The quantitative estimate of drug-likeness (QED) is 0.279. The molecule has 0 radical (unpaired) electrons. The highest BCUT2D eigenvalue weighted by Gasteiger charge is 2.34. The average molecular weight is 621 g/mol. The molecule has 41 heavy (non-hydrogen) atoms. The number of halogens is 2. The molecular weight excluding hydrogens is 585 g/mol. The van der Waals surface area contributed by atoms with Crippen LogP contribution in [0.2, 0.25) is 10.0 Å². The number of rotatable bonds is 13. The first-order valence-electron chi connectivity index (χ1n) is 13.1. The first-order valence-corrected chi connectivity index (χ1v) is 15.7. The van der Waals surface area contributed by atoms with E-state index in [2.05, 4.69) is 5.32 Å². The fourth-order valence-electron chi connectivity index (χ4n) is 4.24. The van der Waals surface area contributed by atoms with Crippen LogP contribution in [0.3, 0.4) is 0 Å². The fourth-order valence-corrected chi connectivity index (χ4v) is 5.66. The highest BCUT2D eigenvalue weighted by Crippen LogP contribution is 2.31. The van der Waals surface area contributed by atoms with Crippen LogP contribution in [0.1, 0.15) is 31.4 Å². The Morgan fingerprint density at radius 1 is 0.976 bits per heavy atom. The van der Waals surface area contributed by atoms with E-state index in [9.17, 15) is 18.0 Å². The lowest BCUT2D eigenvalue weighted by Crippen LogP contribution is -2.54. The van der Waals surface area contributed by atoms with E-state index in [0.717, 1.165) is 16.1 Å². The van der Waals surface area contributed by atoms with Gasteiger partial charge in [-0.25, -0.2) is 8.42 Å². The van der Waals surface area contributed by atoms with E-state index < -0.39 is 28.5 Å². The van der Waals surface area contributed by atoms with Crippen LogP contribution in [0.25, 0.3) is 0 Å². The lowest BCUT2D eigenvalue weighted by atomic mass is 10.0. The number of sulfonamides is 1. The molecule has 0 unspecified atom stereocenters. The summed E-state index contributed by atoms with van der Waals surface area (Å²) in [6, 6.07) is 19.8. The van der Waals surface area contributed by atoms with Gasteiger partial charge in [-0.05, 0) is 54.8 Å². The van der Waals surface area contributed by atoms with Gasteiger partial charge in [0.25, 0.3) is 0 Å². The second-order valence-electron chi connectivity index (χ2n) is 9.76. The Bertz CT molecular complexity index is 1450. The molecule has 2 amide bonds. The predicted molar refractivity (Wildman–Crippen MR) is 164 cm³/mol. The van der Waals surface area contributed by atoms with Crippen LogP contribution in [0, 0.1) is 0 Å². The Morgan fingerprint density at radius 3 is 2.27 bits per heavy atom. The molecule has 8 nitrogen and oxygen atoms in total. The molecule has 0 aliphatic carbocycles. The molecule has 3 aromatic carbocycles. The van der Waals surface area contributed by atoms with E-state index in [1.807, 2.05) is 50.2 Å². The van der Waals surface area contributed by atoms with Crippen LogP contribution in [-0.2, 0) is 32.6 Å². The number of carbonyl (C=O) groups excluding carboxylic acids is 2. The standard InChI is InChI=1S/C30H35Cl2N3O5S/c1-5-21(2)33-30(37)28(17-22-10-7-6-8-11-22)34(19-23-12-9-13-25(16-23)40-3)29(36)20-35(41(4,38)39)27-15-14-24(31)18-26(27)32/h6-16,18,21,28H,5,17,19-20H2,1-4H3,(H,33,37)/t21-,28+/m0/s1. The van der Waals surface area contributed by atoms with Crippen LogP contribution in [0.15, 0.2) is 72.8 Å². The number of ether oxygens (including phenoxy) is 1. The minimum absolute atomic E-state index is 0.0351. The van der Waals surface area contributed by atoms with Gasteiger partial charge in [-0.3, -0.25) is 13.9 Å². The molecule has 0 bridgehead atoms. The van der Waals surface area contributed by atoms with Gasteiger partial charge in [-0.1, -0.05) is 72.6 Å². The molecule has 0 fully saturated rings. The first-order chi connectivity index (χ1) is 19.4. The van der Waals surface area contributed by atoms with Crippen molar-refractivity contribution in [1.29, 1.82) is 0 Å². The molecule has 0 aliphatic heterocycles. The summed E-state index contributed by atoms with van der Waals surface area (Å²) in [5.74, 6) is -0.330. The summed E-state index contributed by atoms with van der Waals surface area (Å²) in [6.45, 7) is 3.30. The van der Waals surface area contributed by atoms with Crippen molar-refractivity contribution >= 4 is 50.7 Å². The highest BCUT2D eigenvalue weighted by molar-refractivity contribution is 7.92. The minimum atomic E-state index is -3.96. The topological polar surface area (TPSA) is 96.0 Å². The molecule has 1 N–H and O–H groups in total. The lowest BCUT2D eigenvalue weighted by molar-refractivity contribution is -0.140. The van der Waals surface area contributed by atoms with Gasteiger partial charge in [0.05, 0.1) is 24.1 Å². The summed E-state index contributed by atoms with van der Waals surface area (Å²) < 4.78 is 32.1. The van der Waals surface area contributed by atoms with Crippen molar-refractivity contribution in [2.24, 2.45) is 0 Å². The summed E-state index contributed by atoms with van der Waals surface area (Å²) >= 11 is 12.4. The molecule has 0 spiro atoms. The zero-order valence-electron chi connectivity index (χ0n) is 23.5. The van der Waals surface area contributed by atoms with Gasteiger partial charge in [-0.2, -0.15) is 0 Å². The maximum absolute atomic E-state index is 14.1. The monoisotopic (exact) mass is 619 g/mol. The third kappa shape index (κ3) is 9.11. The molecule has 0 aromatic heterocycles. The van der Waals surface area contributed by atoms with Crippen molar-refractivity contribution in [2.75, 3.05) is 24.2 Å². The zero-order chi connectivity index (χ0) is 30.2. The van der Waals surface area contributed by atoms with Gasteiger partial charge in [0.1, 0.15) is 18.3 Å². The van der Waals surface area contributed by atoms with Crippen molar-refractivity contribution in [2.45, 2.75) is 45.3 Å². The SMILES string of the molecule is CC[C@H](C)NC(=O)[C@@H](Cc1ccccc1)N(Cc1cccc(OC)c1)C(=O)CN(c1ccc(Cl)cc1Cl)S(C)(=O)=O. The largest absolute Gasteiger partial charge is 0.497 e. The number of nitrogens with zero attached hydrogens (tertiary/aromatic N) is 2. The summed E-state index contributed by atoms with van der Waals surface area (Å²) in [5.41, 5.74) is 1.67. The van der Waals surface area contributed by atoms with Crippen LogP contribution >= 0.6 is 23.2 Å². The predicted octanol–water partition coefficient (Wildman–Crippen LogP) is 5.32. The summed E-state index contributed by atoms with van der Waals surface area (Å²) in [5, 5.41) is 3.40. The molecule has 0 aliphatic rings. The third-order valence-electron chi connectivity index (χ3n) is 6.62. The Kier molecular flexibility index (Phi) is 11.5.